The summed E-state index contributed by atoms with van der Waals surface area (Å²) in [6, 6.07) is 5.49. The predicted octanol–water partition coefficient (Wildman–Crippen LogP) is 4.20. The number of carboxylic acid groups (broad SMARTS) is 1. The van der Waals surface area contributed by atoms with Gasteiger partial charge in [0.05, 0.1) is 23.4 Å². The van der Waals surface area contributed by atoms with Gasteiger partial charge in [0.15, 0.2) is 0 Å². The summed E-state index contributed by atoms with van der Waals surface area (Å²) in [6.07, 6.45) is 11.1. The fourth-order valence-corrected chi connectivity index (χ4v) is 4.58. The Morgan fingerprint density at radius 1 is 1.32 bits per heavy atom. The molecule has 1 atom stereocenters. The van der Waals surface area contributed by atoms with E-state index < -0.39 is 17.5 Å². The number of nitrogens with zero attached hydrogens (tertiary/aromatic N) is 4. The molecule has 1 saturated heterocycles. The molecule has 0 spiro atoms. The van der Waals surface area contributed by atoms with Gasteiger partial charge in [-0.25, -0.2) is 9.78 Å². The fourth-order valence-electron chi connectivity index (χ4n) is 4.14. The Bertz CT molecular complexity index is 1200. The number of halogens is 3. The number of aliphatic imine (C=N–C) groups is 1. The topological polar surface area (TPSA) is 105 Å². The Labute approximate surface area is 203 Å². The fraction of sp³-hybridized carbons (Fsp3) is 0.333. The number of hydrogen-bond acceptors (Lipinski definition) is 6. The lowest BCUT2D eigenvalue weighted by atomic mass is 9.95. The van der Waals surface area contributed by atoms with Crippen molar-refractivity contribution < 1.29 is 18.7 Å². The van der Waals surface area contributed by atoms with Crippen LogP contribution in [0.1, 0.15) is 25.0 Å². The van der Waals surface area contributed by atoms with Crippen LogP contribution < -0.4 is 5.73 Å². The number of hydrogen-bond donors (Lipinski definition) is 2. The highest BCUT2D eigenvalue weighted by atomic mass is 79.9. The van der Waals surface area contributed by atoms with Crippen LogP contribution in [0, 0.1) is 0 Å². The van der Waals surface area contributed by atoms with Crippen molar-refractivity contribution in [2.75, 3.05) is 13.1 Å². The maximum absolute atomic E-state index is 13.9. The first-order valence-electron chi connectivity index (χ1n) is 10.9. The maximum Gasteiger partial charge on any atom is 0.379 e. The molecular formula is C24H24BrF2N5O2. The van der Waals surface area contributed by atoms with Crippen LogP contribution in [0.15, 0.2) is 63.9 Å². The Kier molecular flexibility index (Phi) is 7.18. The molecule has 0 amide bonds. The summed E-state index contributed by atoms with van der Waals surface area (Å²) >= 11 is 3.49. The van der Waals surface area contributed by atoms with E-state index in [9.17, 15) is 13.6 Å². The summed E-state index contributed by atoms with van der Waals surface area (Å²) in [5, 5.41) is 8.82. The van der Waals surface area contributed by atoms with Crippen LogP contribution in [-0.4, -0.2) is 63.3 Å². The van der Waals surface area contributed by atoms with Crippen molar-refractivity contribution in [3.63, 3.8) is 0 Å². The molecule has 1 aromatic carbocycles. The minimum atomic E-state index is -3.88. The normalized spacial score (nSPS) is 20.7. The number of para-hydroxylation sites is 1. The molecule has 1 aromatic heterocycles. The predicted molar refractivity (Wildman–Crippen MR) is 131 cm³/mol. The Balaban J connectivity index is 1.39. The minimum absolute atomic E-state index is 0.0643. The lowest BCUT2D eigenvalue weighted by molar-refractivity contribution is -0.159. The molecule has 1 fully saturated rings. The molecule has 4 rings (SSSR count). The molecule has 2 heterocycles. The van der Waals surface area contributed by atoms with Gasteiger partial charge in [-0.1, -0.05) is 24.3 Å². The molecule has 10 heteroatoms. The van der Waals surface area contributed by atoms with E-state index in [-0.39, 0.29) is 12.1 Å². The Hall–Kier alpha value is -2.98. The Morgan fingerprint density at radius 3 is 2.79 bits per heavy atom. The van der Waals surface area contributed by atoms with Gasteiger partial charge in [-0.15, -0.1) is 0 Å². The van der Waals surface area contributed by atoms with Gasteiger partial charge in [0.2, 0.25) is 0 Å². The van der Waals surface area contributed by atoms with Crippen LogP contribution in [0.25, 0.3) is 16.6 Å². The number of nitrogens with two attached hydrogens (primary N) is 1. The third-order valence-corrected chi connectivity index (χ3v) is 6.71. The molecule has 3 N–H and O–H groups in total. The Morgan fingerprint density at radius 2 is 2.09 bits per heavy atom. The smallest absolute Gasteiger partial charge is 0.379 e. The molecule has 1 aliphatic carbocycles. The van der Waals surface area contributed by atoms with E-state index in [0.717, 1.165) is 28.3 Å². The van der Waals surface area contributed by atoms with Gasteiger partial charge in [-0.3, -0.25) is 14.9 Å². The number of aromatic nitrogens is 2. The second-order valence-corrected chi connectivity index (χ2v) is 9.09. The van der Waals surface area contributed by atoms with E-state index >= 15 is 0 Å². The highest BCUT2D eigenvalue weighted by Gasteiger charge is 2.43. The van der Waals surface area contributed by atoms with E-state index in [1.165, 1.54) is 18.4 Å². The number of allylic oxidation sites excluding steroid dienone is 2. The zero-order chi connectivity index (χ0) is 24.3. The number of rotatable bonds is 6. The van der Waals surface area contributed by atoms with Gasteiger partial charge >= 0.3 is 11.9 Å². The second-order valence-electron chi connectivity index (χ2n) is 8.24. The number of benzene rings is 1. The standard InChI is InChI=1S/C24H24BrF2N5O2/c25-19-5-2-6-20-22(19)31-21(14-30-20)15(12-28)13-29-17-7-9-32(10-8-17)18-4-1-3-16(11-18)24(26,27)23(33)34/h1-3,5-6,11-14,17-18H,4,7-10,28H2,(H,33,34). The van der Waals surface area contributed by atoms with Crippen LogP contribution in [0.3, 0.4) is 0 Å². The van der Waals surface area contributed by atoms with Crippen molar-refractivity contribution in [1.82, 2.24) is 14.9 Å². The number of fused-ring (bicyclic) bond motifs is 1. The number of carbonyl (C=O) groups is 1. The minimum Gasteiger partial charge on any atom is -0.477 e. The van der Waals surface area contributed by atoms with Gasteiger partial charge in [-0.05, 0) is 47.3 Å². The largest absolute Gasteiger partial charge is 0.477 e. The van der Waals surface area contributed by atoms with Gasteiger partial charge in [0.1, 0.15) is 5.52 Å². The van der Waals surface area contributed by atoms with Crippen LogP contribution in [0.2, 0.25) is 0 Å². The molecule has 178 valence electrons. The molecule has 2 aromatic rings. The first-order valence-corrected chi connectivity index (χ1v) is 11.7. The SMILES string of the molecule is NC=C(C=NC1CCN(C2C=C(C(F)(F)C(=O)O)C=CC2)CC1)c1cnc2cccc(Br)c2n1. The highest BCUT2D eigenvalue weighted by Crippen LogP contribution is 2.31. The molecule has 0 radical (unpaired) electrons. The van der Waals surface area contributed by atoms with E-state index in [4.69, 9.17) is 10.8 Å². The van der Waals surface area contributed by atoms with Crippen LogP contribution in [-0.2, 0) is 4.79 Å². The molecular weight excluding hydrogens is 508 g/mol. The zero-order valence-electron chi connectivity index (χ0n) is 18.2. The molecule has 7 nitrogen and oxygen atoms in total. The van der Waals surface area contributed by atoms with Crippen LogP contribution in [0.4, 0.5) is 8.78 Å². The first kappa shape index (κ1) is 24.2. The number of carboxylic acids is 1. The number of aliphatic carboxylic acids is 1. The van der Waals surface area contributed by atoms with E-state index in [1.54, 1.807) is 18.5 Å². The van der Waals surface area contributed by atoms with Crippen molar-refractivity contribution in [2.45, 2.75) is 37.3 Å². The van der Waals surface area contributed by atoms with Gasteiger partial charge in [0, 0.05) is 47.2 Å². The summed E-state index contributed by atoms with van der Waals surface area (Å²) in [6.45, 7) is 1.35. The van der Waals surface area contributed by atoms with Crippen molar-refractivity contribution >= 4 is 44.7 Å². The second kappa shape index (κ2) is 10.1. The number of likely N-dealkylation sites (tertiary alicyclic amines) is 1. The maximum atomic E-state index is 13.9. The summed E-state index contributed by atoms with van der Waals surface area (Å²) < 4.78 is 28.7. The molecule has 2 aliphatic rings. The zero-order valence-corrected chi connectivity index (χ0v) is 19.8. The van der Waals surface area contributed by atoms with Crippen molar-refractivity contribution in [1.29, 1.82) is 0 Å². The van der Waals surface area contributed by atoms with Crippen molar-refractivity contribution in [3.8, 4) is 0 Å². The molecule has 0 saturated carbocycles. The lowest BCUT2D eigenvalue weighted by Gasteiger charge is -2.36. The molecule has 0 bridgehead atoms. The molecule has 34 heavy (non-hydrogen) atoms. The van der Waals surface area contributed by atoms with Gasteiger partial charge < -0.3 is 10.8 Å². The number of piperidine rings is 1. The summed E-state index contributed by atoms with van der Waals surface area (Å²) in [5.41, 5.74) is 8.17. The first-order chi connectivity index (χ1) is 16.3. The summed E-state index contributed by atoms with van der Waals surface area (Å²) in [5.74, 6) is -6.02. The quantitative estimate of drug-likeness (QED) is 0.541. The van der Waals surface area contributed by atoms with Crippen LogP contribution >= 0.6 is 15.9 Å². The lowest BCUT2D eigenvalue weighted by Crippen LogP contribution is -2.43. The van der Waals surface area contributed by atoms with Crippen molar-refractivity contribution in [3.05, 3.63) is 64.6 Å². The van der Waals surface area contributed by atoms with Crippen molar-refractivity contribution in [2.24, 2.45) is 10.7 Å². The monoisotopic (exact) mass is 531 g/mol. The van der Waals surface area contributed by atoms with Crippen LogP contribution in [0.5, 0.6) is 0 Å². The average Bonchev–Trinajstić information content (AvgIpc) is 2.85. The van der Waals surface area contributed by atoms with E-state index in [0.29, 0.717) is 30.8 Å². The van der Waals surface area contributed by atoms with Gasteiger partial charge in [0.25, 0.3) is 0 Å². The summed E-state index contributed by atoms with van der Waals surface area (Å²) in [4.78, 5) is 26.8. The third-order valence-electron chi connectivity index (χ3n) is 6.07. The van der Waals surface area contributed by atoms with E-state index in [2.05, 4.69) is 35.8 Å². The average molecular weight is 532 g/mol. The third kappa shape index (κ3) is 5.07. The molecule has 1 aliphatic heterocycles. The molecule has 1 unspecified atom stereocenters. The van der Waals surface area contributed by atoms with Gasteiger partial charge in [-0.2, -0.15) is 8.78 Å². The summed E-state index contributed by atoms with van der Waals surface area (Å²) in [7, 11) is 0. The highest BCUT2D eigenvalue weighted by molar-refractivity contribution is 9.10. The van der Waals surface area contributed by atoms with E-state index in [1.807, 2.05) is 18.2 Å². The number of alkyl halides is 2.